The quantitative estimate of drug-likeness (QED) is 0.155. The van der Waals surface area contributed by atoms with Gasteiger partial charge in [-0.25, -0.2) is 0 Å². The molecule has 0 saturated heterocycles. The first kappa shape index (κ1) is 28.5. The van der Waals surface area contributed by atoms with E-state index in [2.05, 4.69) is 174 Å². The third-order valence-electron chi connectivity index (χ3n) is 8.71. The number of nitrogens with zero attached hydrogens (tertiary/aromatic N) is 3. The number of hydrogen-bond acceptors (Lipinski definition) is 2. The summed E-state index contributed by atoms with van der Waals surface area (Å²) in [5.74, 6) is 0. The lowest BCUT2D eigenvalue weighted by Gasteiger charge is -2.24. The van der Waals surface area contributed by atoms with E-state index >= 15 is 0 Å². The molecule has 0 radical (unpaired) electrons. The second-order valence-corrected chi connectivity index (χ2v) is 11.7. The Hall–Kier alpha value is -5.28. The van der Waals surface area contributed by atoms with Gasteiger partial charge >= 0.3 is 0 Å². The second kappa shape index (κ2) is 13.2. The van der Waals surface area contributed by atoms with Crippen LogP contribution in [0.4, 0.5) is 5.69 Å². The van der Waals surface area contributed by atoms with E-state index in [1.165, 1.54) is 44.8 Å². The monoisotopic (exact) mass is 584 g/mol. The van der Waals surface area contributed by atoms with Crippen molar-refractivity contribution in [1.82, 2.24) is 0 Å². The lowest BCUT2D eigenvalue weighted by Crippen LogP contribution is -2.39. The van der Waals surface area contributed by atoms with Crippen LogP contribution >= 0.6 is 0 Å². The summed E-state index contributed by atoms with van der Waals surface area (Å²) in [5.41, 5.74) is 12.0. The molecule has 1 atom stereocenters. The molecule has 1 unspecified atom stereocenters. The summed E-state index contributed by atoms with van der Waals surface area (Å²) in [6.45, 7) is 3.23. The minimum atomic E-state index is 0.149. The predicted octanol–water partition coefficient (Wildman–Crippen LogP) is 10.1. The van der Waals surface area contributed by atoms with Crippen LogP contribution in [-0.2, 0) is 6.54 Å². The van der Waals surface area contributed by atoms with Gasteiger partial charge in [0.25, 0.3) is 0 Å². The highest BCUT2D eigenvalue weighted by atomic mass is 15.5. The number of pyridine rings is 1. The Bertz CT molecular complexity index is 1820. The number of unbranched alkanes of at least 4 members (excludes halogenated alkanes) is 1. The molecule has 0 fully saturated rings. The highest BCUT2D eigenvalue weighted by Crippen LogP contribution is 2.38. The Morgan fingerprint density at radius 1 is 0.578 bits per heavy atom. The van der Waals surface area contributed by atoms with Crippen molar-refractivity contribution in [3.8, 4) is 33.6 Å². The van der Waals surface area contributed by atoms with Gasteiger partial charge in [0.1, 0.15) is 6.54 Å². The molecule has 220 valence electrons. The first-order chi connectivity index (χ1) is 22.3. The Labute approximate surface area is 266 Å². The maximum atomic E-state index is 5.18. The first-order valence-electron chi connectivity index (χ1n) is 16.0. The van der Waals surface area contributed by atoms with Crippen LogP contribution in [0, 0.1) is 0 Å². The molecule has 7 rings (SSSR count). The molecule has 1 aliphatic heterocycles. The van der Waals surface area contributed by atoms with Crippen LogP contribution in [0.3, 0.4) is 0 Å². The Morgan fingerprint density at radius 2 is 1.09 bits per heavy atom. The molecule has 0 aliphatic carbocycles. The standard InChI is InChI=1S/C42H38N3/c1-2-3-28-44-40(34-18-10-5-11-19-34)29-37(30-41(44)35-20-12-6-13-21-35)32-24-26-38(27-25-32)45-42(36-22-14-7-15-23-36)31-39(43-45)33-16-8-4-9-17-33/h4-27,29-30,42H,2-3,28,31H2,1H3/q+1. The molecule has 2 heterocycles. The van der Waals surface area contributed by atoms with E-state index in [4.69, 9.17) is 5.10 Å². The van der Waals surface area contributed by atoms with E-state index in [0.717, 1.165) is 37.2 Å². The fourth-order valence-electron chi connectivity index (χ4n) is 6.34. The van der Waals surface area contributed by atoms with Crippen LogP contribution in [0.25, 0.3) is 33.6 Å². The fraction of sp³-hybridized carbons (Fsp3) is 0.143. The van der Waals surface area contributed by atoms with Crippen LogP contribution in [0.15, 0.2) is 163 Å². The summed E-state index contributed by atoms with van der Waals surface area (Å²) in [6.07, 6.45) is 3.14. The molecule has 1 aromatic heterocycles. The smallest absolute Gasteiger partial charge is 0.213 e. The minimum absolute atomic E-state index is 0.149. The first-order valence-corrected chi connectivity index (χ1v) is 16.0. The van der Waals surface area contributed by atoms with Crippen molar-refractivity contribution in [3.63, 3.8) is 0 Å². The minimum Gasteiger partial charge on any atom is -0.257 e. The molecule has 0 spiro atoms. The Morgan fingerprint density at radius 3 is 1.62 bits per heavy atom. The van der Waals surface area contributed by atoms with E-state index in [1.807, 2.05) is 0 Å². The van der Waals surface area contributed by atoms with E-state index in [1.54, 1.807) is 0 Å². The topological polar surface area (TPSA) is 19.5 Å². The molecule has 6 aromatic rings. The number of benzene rings is 5. The number of anilines is 1. The molecule has 45 heavy (non-hydrogen) atoms. The van der Waals surface area contributed by atoms with Crippen molar-refractivity contribution in [2.75, 3.05) is 5.01 Å². The molecular formula is C42H38N3+. The van der Waals surface area contributed by atoms with Gasteiger partial charge in [0.15, 0.2) is 0 Å². The highest BCUT2D eigenvalue weighted by Gasteiger charge is 2.30. The van der Waals surface area contributed by atoms with Gasteiger partial charge in [-0.1, -0.05) is 123 Å². The zero-order chi connectivity index (χ0) is 30.4. The molecule has 3 heteroatoms. The van der Waals surface area contributed by atoms with Crippen molar-refractivity contribution >= 4 is 11.4 Å². The molecule has 5 aromatic carbocycles. The van der Waals surface area contributed by atoms with Gasteiger partial charge in [0.2, 0.25) is 11.4 Å². The van der Waals surface area contributed by atoms with Gasteiger partial charge in [0, 0.05) is 36.1 Å². The average molecular weight is 585 g/mol. The molecular weight excluding hydrogens is 546 g/mol. The highest BCUT2D eigenvalue weighted by molar-refractivity contribution is 6.03. The lowest BCUT2D eigenvalue weighted by molar-refractivity contribution is -0.675. The van der Waals surface area contributed by atoms with Crippen molar-refractivity contribution < 1.29 is 4.57 Å². The van der Waals surface area contributed by atoms with Crippen LogP contribution in [-0.4, -0.2) is 5.71 Å². The van der Waals surface area contributed by atoms with Gasteiger partial charge in [-0.05, 0) is 58.7 Å². The second-order valence-electron chi connectivity index (χ2n) is 11.7. The van der Waals surface area contributed by atoms with Crippen LogP contribution < -0.4 is 9.58 Å². The molecule has 1 aliphatic rings. The number of aromatic nitrogens is 1. The van der Waals surface area contributed by atoms with E-state index in [9.17, 15) is 0 Å². The molecule has 0 bridgehead atoms. The third-order valence-corrected chi connectivity index (χ3v) is 8.71. The number of hydrazone groups is 1. The summed E-state index contributed by atoms with van der Waals surface area (Å²) in [6, 6.07) is 56.7. The van der Waals surface area contributed by atoms with Gasteiger partial charge < -0.3 is 0 Å². The Balaban J connectivity index is 1.31. The van der Waals surface area contributed by atoms with Crippen LogP contribution in [0.1, 0.15) is 43.4 Å². The maximum Gasteiger partial charge on any atom is 0.213 e. The predicted molar refractivity (Wildman–Crippen MR) is 187 cm³/mol. The summed E-state index contributed by atoms with van der Waals surface area (Å²) in [7, 11) is 0. The molecule has 3 nitrogen and oxygen atoms in total. The lowest BCUT2D eigenvalue weighted by atomic mass is 9.97. The fourth-order valence-corrected chi connectivity index (χ4v) is 6.34. The summed E-state index contributed by atoms with van der Waals surface area (Å²) in [5, 5.41) is 7.39. The van der Waals surface area contributed by atoms with Crippen molar-refractivity contribution in [2.24, 2.45) is 5.10 Å². The summed E-state index contributed by atoms with van der Waals surface area (Å²) < 4.78 is 2.50. The number of rotatable bonds is 9. The van der Waals surface area contributed by atoms with Gasteiger partial charge in [-0.3, -0.25) is 5.01 Å². The zero-order valence-corrected chi connectivity index (χ0v) is 25.8. The molecule has 0 saturated carbocycles. The van der Waals surface area contributed by atoms with Crippen LogP contribution in [0.5, 0.6) is 0 Å². The third kappa shape index (κ3) is 6.07. The van der Waals surface area contributed by atoms with Crippen molar-refractivity contribution in [3.05, 3.63) is 169 Å². The van der Waals surface area contributed by atoms with E-state index < -0.39 is 0 Å². The SMILES string of the molecule is CCCC[n+]1c(-c2ccccc2)cc(-c2ccc(N3N=C(c4ccccc4)CC3c3ccccc3)cc2)cc1-c1ccccc1. The van der Waals surface area contributed by atoms with E-state index in [0.29, 0.717) is 0 Å². The largest absolute Gasteiger partial charge is 0.257 e. The zero-order valence-electron chi connectivity index (χ0n) is 25.8. The summed E-state index contributed by atoms with van der Waals surface area (Å²) in [4.78, 5) is 0. The summed E-state index contributed by atoms with van der Waals surface area (Å²) >= 11 is 0. The molecule has 0 amide bonds. The van der Waals surface area contributed by atoms with Gasteiger partial charge in [0.05, 0.1) is 17.4 Å². The molecule has 0 N–H and O–H groups in total. The van der Waals surface area contributed by atoms with Crippen LogP contribution in [0.2, 0.25) is 0 Å². The normalized spacial score (nSPS) is 14.4. The Kier molecular flexibility index (Phi) is 8.33. The maximum absolute atomic E-state index is 5.18. The van der Waals surface area contributed by atoms with E-state index in [-0.39, 0.29) is 6.04 Å². The van der Waals surface area contributed by atoms with Crippen molar-refractivity contribution in [1.29, 1.82) is 0 Å². The van der Waals surface area contributed by atoms with Gasteiger partial charge in [-0.15, -0.1) is 0 Å². The average Bonchev–Trinajstić information content (AvgIpc) is 3.58. The van der Waals surface area contributed by atoms with Gasteiger partial charge in [-0.2, -0.15) is 9.67 Å². The number of hydrogen-bond donors (Lipinski definition) is 0. The van der Waals surface area contributed by atoms with Crippen molar-refractivity contribution in [2.45, 2.75) is 38.8 Å².